The third-order valence-corrected chi connectivity index (χ3v) is 4.05. The molecule has 0 aromatic carbocycles. The van der Waals surface area contributed by atoms with Crippen LogP contribution in [-0.2, 0) is 0 Å². The quantitative estimate of drug-likeness (QED) is 0.731. The molecule has 1 aromatic heterocycles. The van der Waals surface area contributed by atoms with Gasteiger partial charge in [-0.25, -0.2) is 0 Å². The van der Waals surface area contributed by atoms with E-state index < -0.39 is 0 Å². The first-order chi connectivity index (χ1) is 6.84. The van der Waals surface area contributed by atoms with Crippen LogP contribution in [0.5, 0.6) is 0 Å². The number of pyridine rings is 1. The molecule has 2 saturated carbocycles. The highest BCUT2D eigenvalue weighted by Gasteiger charge is 2.44. The lowest BCUT2D eigenvalue weighted by molar-refractivity contribution is 0.375. The van der Waals surface area contributed by atoms with Crippen LogP contribution in [0.2, 0.25) is 0 Å². The largest absolute Gasteiger partial charge is 0.327 e. The lowest BCUT2D eigenvalue weighted by Crippen LogP contribution is -2.28. The predicted octanol–water partition coefficient (Wildman–Crippen LogP) is 1.92. The molecule has 0 aliphatic heterocycles. The topological polar surface area (TPSA) is 38.9 Å². The number of rotatable bonds is 1. The van der Waals surface area contributed by atoms with Gasteiger partial charge in [-0.05, 0) is 54.7 Å². The van der Waals surface area contributed by atoms with Crippen molar-refractivity contribution in [3.8, 4) is 0 Å². The van der Waals surface area contributed by atoms with Crippen LogP contribution in [0, 0.1) is 11.8 Å². The van der Waals surface area contributed by atoms with Crippen molar-refractivity contribution in [3.05, 3.63) is 30.1 Å². The first kappa shape index (κ1) is 8.42. The summed E-state index contributed by atoms with van der Waals surface area (Å²) in [5.41, 5.74) is 7.52. The van der Waals surface area contributed by atoms with Crippen molar-refractivity contribution >= 4 is 0 Å². The van der Waals surface area contributed by atoms with Crippen molar-refractivity contribution in [2.24, 2.45) is 17.6 Å². The van der Waals surface area contributed by atoms with Crippen molar-refractivity contribution < 1.29 is 0 Å². The number of nitrogens with two attached hydrogens (primary N) is 1. The molecule has 3 rings (SSSR count). The third-order valence-electron chi connectivity index (χ3n) is 4.05. The minimum atomic E-state index is 0.484. The molecule has 0 radical (unpaired) electrons. The minimum absolute atomic E-state index is 0.484. The molecule has 2 heteroatoms. The highest BCUT2D eigenvalue weighted by molar-refractivity contribution is 5.21. The van der Waals surface area contributed by atoms with E-state index in [0.29, 0.717) is 6.04 Å². The molecule has 1 aromatic rings. The Kier molecular flexibility index (Phi) is 1.84. The number of nitrogens with zero attached hydrogens (tertiary/aromatic N) is 1. The second-order valence-corrected chi connectivity index (χ2v) is 4.78. The molecule has 0 saturated heterocycles. The zero-order valence-electron chi connectivity index (χ0n) is 8.26. The molecular formula is C12H16N2. The summed E-state index contributed by atoms with van der Waals surface area (Å²) in [6.45, 7) is 0. The molecule has 2 fully saturated rings. The predicted molar refractivity (Wildman–Crippen MR) is 55.8 cm³/mol. The van der Waals surface area contributed by atoms with E-state index in [-0.39, 0.29) is 0 Å². The van der Waals surface area contributed by atoms with Crippen LogP contribution in [0.4, 0.5) is 0 Å². The molecule has 4 unspecified atom stereocenters. The molecule has 0 amide bonds. The molecule has 1 heterocycles. The summed E-state index contributed by atoms with van der Waals surface area (Å²) in [5.74, 6) is 2.40. The van der Waals surface area contributed by atoms with Crippen LogP contribution >= 0.6 is 0 Å². The molecule has 74 valence electrons. The monoisotopic (exact) mass is 188 g/mol. The van der Waals surface area contributed by atoms with Crippen LogP contribution in [0.1, 0.15) is 30.7 Å². The van der Waals surface area contributed by atoms with Gasteiger partial charge in [-0.15, -0.1) is 0 Å². The van der Waals surface area contributed by atoms with Gasteiger partial charge in [0.2, 0.25) is 0 Å². The standard InChI is InChI=1S/C12H16N2/c13-12-7-9-5-10(12)6-11(9)8-1-3-14-4-2-8/h1-4,9-12H,5-7,13H2. The second kappa shape index (κ2) is 3.06. The van der Waals surface area contributed by atoms with Gasteiger partial charge in [0.25, 0.3) is 0 Å². The van der Waals surface area contributed by atoms with E-state index in [1.54, 1.807) is 0 Å². The van der Waals surface area contributed by atoms with E-state index in [1.807, 2.05) is 12.4 Å². The summed E-state index contributed by atoms with van der Waals surface area (Å²) in [6, 6.07) is 4.81. The zero-order chi connectivity index (χ0) is 9.54. The summed E-state index contributed by atoms with van der Waals surface area (Å²) in [6.07, 6.45) is 7.70. The summed E-state index contributed by atoms with van der Waals surface area (Å²) in [4.78, 5) is 4.07. The van der Waals surface area contributed by atoms with Crippen molar-refractivity contribution in [1.82, 2.24) is 4.98 Å². The molecule has 2 nitrogen and oxygen atoms in total. The van der Waals surface area contributed by atoms with E-state index in [0.717, 1.165) is 17.8 Å². The zero-order valence-corrected chi connectivity index (χ0v) is 8.26. The third kappa shape index (κ3) is 1.17. The maximum absolute atomic E-state index is 6.05. The number of fused-ring (bicyclic) bond motifs is 2. The van der Waals surface area contributed by atoms with Crippen LogP contribution in [0.15, 0.2) is 24.5 Å². The van der Waals surface area contributed by atoms with Crippen LogP contribution in [0.3, 0.4) is 0 Å². The smallest absolute Gasteiger partial charge is 0.0270 e. The molecule has 14 heavy (non-hydrogen) atoms. The second-order valence-electron chi connectivity index (χ2n) is 4.78. The van der Waals surface area contributed by atoms with Crippen molar-refractivity contribution in [1.29, 1.82) is 0 Å². The maximum Gasteiger partial charge on any atom is 0.0270 e. The van der Waals surface area contributed by atoms with Crippen molar-refractivity contribution in [2.75, 3.05) is 0 Å². The van der Waals surface area contributed by atoms with E-state index >= 15 is 0 Å². The molecule has 2 bridgehead atoms. The van der Waals surface area contributed by atoms with Crippen LogP contribution in [0.25, 0.3) is 0 Å². The average molecular weight is 188 g/mol. The fraction of sp³-hybridized carbons (Fsp3) is 0.583. The normalized spacial score (nSPS) is 40.4. The Balaban J connectivity index is 1.84. The summed E-state index contributed by atoms with van der Waals surface area (Å²) >= 11 is 0. The Labute approximate surface area is 84.5 Å². The first-order valence-corrected chi connectivity index (χ1v) is 5.50. The van der Waals surface area contributed by atoms with Gasteiger partial charge in [0.15, 0.2) is 0 Å². The molecule has 0 spiro atoms. The Morgan fingerprint density at radius 2 is 1.86 bits per heavy atom. The fourth-order valence-electron chi connectivity index (χ4n) is 3.34. The highest BCUT2D eigenvalue weighted by atomic mass is 14.7. The molecule has 4 atom stereocenters. The Morgan fingerprint density at radius 3 is 2.43 bits per heavy atom. The lowest BCUT2D eigenvalue weighted by Gasteiger charge is -2.25. The van der Waals surface area contributed by atoms with Gasteiger partial charge in [0, 0.05) is 18.4 Å². The Hall–Kier alpha value is -0.890. The van der Waals surface area contributed by atoms with Crippen LogP contribution < -0.4 is 5.73 Å². The van der Waals surface area contributed by atoms with Crippen molar-refractivity contribution in [2.45, 2.75) is 31.2 Å². The number of hydrogen-bond donors (Lipinski definition) is 1. The van der Waals surface area contributed by atoms with E-state index in [2.05, 4.69) is 17.1 Å². The van der Waals surface area contributed by atoms with E-state index in [9.17, 15) is 0 Å². The van der Waals surface area contributed by atoms with Gasteiger partial charge in [0.1, 0.15) is 0 Å². The summed E-state index contributed by atoms with van der Waals surface area (Å²) in [7, 11) is 0. The number of hydrogen-bond acceptors (Lipinski definition) is 2. The maximum atomic E-state index is 6.05. The lowest BCUT2D eigenvalue weighted by atomic mass is 9.82. The molecule has 2 aliphatic rings. The van der Waals surface area contributed by atoms with Gasteiger partial charge in [0.05, 0.1) is 0 Å². The van der Waals surface area contributed by atoms with Crippen LogP contribution in [-0.4, -0.2) is 11.0 Å². The van der Waals surface area contributed by atoms with Gasteiger partial charge < -0.3 is 5.73 Å². The summed E-state index contributed by atoms with van der Waals surface area (Å²) in [5, 5.41) is 0. The van der Waals surface area contributed by atoms with Crippen molar-refractivity contribution in [3.63, 3.8) is 0 Å². The van der Waals surface area contributed by atoms with Gasteiger partial charge in [-0.3, -0.25) is 4.98 Å². The Morgan fingerprint density at radius 1 is 1.07 bits per heavy atom. The van der Waals surface area contributed by atoms with Gasteiger partial charge in [-0.1, -0.05) is 0 Å². The number of aromatic nitrogens is 1. The van der Waals surface area contributed by atoms with Gasteiger partial charge >= 0.3 is 0 Å². The van der Waals surface area contributed by atoms with E-state index in [1.165, 1.54) is 24.8 Å². The van der Waals surface area contributed by atoms with Gasteiger partial charge in [-0.2, -0.15) is 0 Å². The summed E-state index contributed by atoms with van der Waals surface area (Å²) < 4.78 is 0. The SMILES string of the molecule is NC1CC2CC1CC2c1ccncc1. The first-order valence-electron chi connectivity index (χ1n) is 5.50. The molecular weight excluding hydrogens is 172 g/mol. The molecule has 2 N–H and O–H groups in total. The average Bonchev–Trinajstić information content (AvgIpc) is 2.77. The Bertz CT molecular complexity index is 320. The molecule has 2 aliphatic carbocycles. The van der Waals surface area contributed by atoms with E-state index in [4.69, 9.17) is 5.73 Å². The highest BCUT2D eigenvalue weighted by Crippen LogP contribution is 2.52. The fourth-order valence-corrected chi connectivity index (χ4v) is 3.34. The minimum Gasteiger partial charge on any atom is -0.327 e.